The average molecular weight is 346 g/mol. The van der Waals surface area contributed by atoms with Gasteiger partial charge < -0.3 is 16.3 Å². The van der Waals surface area contributed by atoms with E-state index in [0.717, 1.165) is 23.7 Å². The van der Waals surface area contributed by atoms with Gasteiger partial charge in [-0.1, -0.05) is 41.4 Å². The number of benzene rings is 1. The number of hydrogen-bond donors (Lipinski definition) is 3. The maximum Gasteiger partial charge on any atom is 0.146 e. The third-order valence-electron chi connectivity index (χ3n) is 3.27. The molecule has 0 aliphatic rings. The fourth-order valence-electron chi connectivity index (χ4n) is 1.81. The smallest absolute Gasteiger partial charge is 0.146 e. The van der Waals surface area contributed by atoms with Crippen LogP contribution in [0, 0.1) is 11.2 Å². The number of anilines is 1. The molecule has 1 rings (SSSR count). The summed E-state index contributed by atoms with van der Waals surface area (Å²) in [6.07, 6.45) is 2.60. The first-order valence-corrected chi connectivity index (χ1v) is 7.33. The molecule has 0 saturated carbocycles. The molecule has 0 amide bonds. The summed E-state index contributed by atoms with van der Waals surface area (Å²) < 4.78 is 14.3. The van der Waals surface area contributed by atoms with Crippen LogP contribution in [0.2, 0.25) is 0 Å². The second kappa shape index (κ2) is 7.47. The SMILES string of the molecule is CC(C)(CCCCNc1cc(Br)ccc1F)/C(N)=N/O. The molecule has 20 heavy (non-hydrogen) atoms. The van der Waals surface area contributed by atoms with Crippen LogP contribution in [0.25, 0.3) is 0 Å². The van der Waals surface area contributed by atoms with Crippen molar-refractivity contribution in [2.75, 3.05) is 11.9 Å². The number of hydrogen-bond acceptors (Lipinski definition) is 3. The summed E-state index contributed by atoms with van der Waals surface area (Å²) >= 11 is 3.31. The lowest BCUT2D eigenvalue weighted by Gasteiger charge is -2.22. The van der Waals surface area contributed by atoms with E-state index in [1.54, 1.807) is 12.1 Å². The predicted molar refractivity (Wildman–Crippen MR) is 83.6 cm³/mol. The predicted octanol–water partition coefficient (Wildman–Crippen LogP) is 3.94. The lowest BCUT2D eigenvalue weighted by molar-refractivity contribution is 0.304. The first kappa shape index (κ1) is 16.8. The van der Waals surface area contributed by atoms with Crippen molar-refractivity contribution in [3.63, 3.8) is 0 Å². The van der Waals surface area contributed by atoms with Crippen LogP contribution >= 0.6 is 15.9 Å². The van der Waals surface area contributed by atoms with Crippen molar-refractivity contribution in [3.05, 3.63) is 28.5 Å². The van der Waals surface area contributed by atoms with Crippen molar-refractivity contribution in [3.8, 4) is 0 Å². The average Bonchev–Trinajstić information content (AvgIpc) is 2.41. The number of halogens is 2. The maximum absolute atomic E-state index is 13.5. The van der Waals surface area contributed by atoms with E-state index in [4.69, 9.17) is 10.9 Å². The molecule has 0 aliphatic carbocycles. The van der Waals surface area contributed by atoms with E-state index in [1.165, 1.54) is 6.07 Å². The Morgan fingerprint density at radius 3 is 2.80 bits per heavy atom. The summed E-state index contributed by atoms with van der Waals surface area (Å²) in [6, 6.07) is 4.81. The molecule has 1 aromatic rings. The van der Waals surface area contributed by atoms with E-state index < -0.39 is 0 Å². The van der Waals surface area contributed by atoms with Gasteiger partial charge >= 0.3 is 0 Å². The van der Waals surface area contributed by atoms with Gasteiger partial charge in [0.05, 0.1) is 5.69 Å². The largest absolute Gasteiger partial charge is 0.409 e. The van der Waals surface area contributed by atoms with Crippen LogP contribution in [0.3, 0.4) is 0 Å². The van der Waals surface area contributed by atoms with E-state index >= 15 is 0 Å². The van der Waals surface area contributed by atoms with E-state index in [0.29, 0.717) is 12.2 Å². The van der Waals surface area contributed by atoms with Gasteiger partial charge in [-0.05, 0) is 31.0 Å². The van der Waals surface area contributed by atoms with Crippen molar-refractivity contribution in [1.82, 2.24) is 0 Å². The van der Waals surface area contributed by atoms with Crippen molar-refractivity contribution in [2.24, 2.45) is 16.3 Å². The molecule has 0 saturated heterocycles. The Hall–Kier alpha value is -1.30. The van der Waals surface area contributed by atoms with Crippen LogP contribution in [0.4, 0.5) is 10.1 Å². The second-order valence-electron chi connectivity index (χ2n) is 5.38. The van der Waals surface area contributed by atoms with Gasteiger partial charge in [0.25, 0.3) is 0 Å². The zero-order chi connectivity index (χ0) is 15.2. The summed E-state index contributed by atoms with van der Waals surface area (Å²) in [5.41, 5.74) is 5.79. The molecule has 0 bridgehead atoms. The Bertz CT molecular complexity index is 477. The quantitative estimate of drug-likeness (QED) is 0.230. The number of nitrogens with two attached hydrogens (primary N) is 1. The number of nitrogens with zero attached hydrogens (tertiary/aromatic N) is 1. The Balaban J connectivity index is 2.34. The number of rotatable bonds is 7. The first-order chi connectivity index (χ1) is 9.36. The molecule has 0 spiro atoms. The van der Waals surface area contributed by atoms with Gasteiger partial charge in [0.2, 0.25) is 0 Å². The topological polar surface area (TPSA) is 70.6 Å². The lowest BCUT2D eigenvalue weighted by Crippen LogP contribution is -2.31. The Morgan fingerprint density at radius 1 is 1.45 bits per heavy atom. The highest BCUT2D eigenvalue weighted by Crippen LogP contribution is 2.24. The summed E-state index contributed by atoms with van der Waals surface area (Å²) in [7, 11) is 0. The van der Waals surface area contributed by atoms with E-state index in [9.17, 15) is 4.39 Å². The van der Waals surface area contributed by atoms with Crippen LogP contribution in [0.1, 0.15) is 33.1 Å². The molecule has 4 nitrogen and oxygen atoms in total. The summed E-state index contributed by atoms with van der Waals surface area (Å²) in [5, 5.41) is 14.8. The monoisotopic (exact) mass is 345 g/mol. The van der Waals surface area contributed by atoms with Gasteiger partial charge in [-0.2, -0.15) is 0 Å². The van der Waals surface area contributed by atoms with Gasteiger partial charge in [0, 0.05) is 16.4 Å². The molecule has 6 heteroatoms. The highest BCUT2D eigenvalue weighted by molar-refractivity contribution is 9.10. The van der Waals surface area contributed by atoms with Crippen molar-refractivity contribution >= 4 is 27.5 Å². The second-order valence-corrected chi connectivity index (χ2v) is 6.29. The zero-order valence-electron chi connectivity index (χ0n) is 11.8. The highest BCUT2D eigenvalue weighted by atomic mass is 79.9. The third kappa shape index (κ3) is 5.00. The normalized spacial score (nSPS) is 12.5. The van der Waals surface area contributed by atoms with E-state index in [-0.39, 0.29) is 17.1 Å². The number of nitrogens with one attached hydrogen (secondary N) is 1. The van der Waals surface area contributed by atoms with Crippen molar-refractivity contribution < 1.29 is 9.60 Å². The standard InChI is InChI=1S/C14H21BrFN3O/c1-14(2,13(17)19-20)7-3-4-8-18-12-9-10(15)5-6-11(12)16/h5-6,9,18,20H,3-4,7-8H2,1-2H3,(H2,17,19). The third-order valence-corrected chi connectivity index (χ3v) is 3.77. The Morgan fingerprint density at radius 2 is 2.15 bits per heavy atom. The molecule has 0 heterocycles. The van der Waals surface area contributed by atoms with Crippen LogP contribution in [0.15, 0.2) is 27.8 Å². The van der Waals surface area contributed by atoms with Gasteiger partial charge in [-0.3, -0.25) is 0 Å². The van der Waals surface area contributed by atoms with E-state index in [2.05, 4.69) is 26.4 Å². The minimum Gasteiger partial charge on any atom is -0.409 e. The summed E-state index contributed by atoms with van der Waals surface area (Å²) in [5.74, 6) is -0.0197. The number of amidine groups is 1. The Kier molecular flexibility index (Phi) is 6.26. The fraction of sp³-hybridized carbons (Fsp3) is 0.500. The zero-order valence-corrected chi connectivity index (χ0v) is 13.4. The number of unbranched alkanes of at least 4 members (excludes halogenated alkanes) is 1. The van der Waals surface area contributed by atoms with Gasteiger partial charge in [0.15, 0.2) is 0 Å². The lowest BCUT2D eigenvalue weighted by atomic mass is 9.86. The van der Waals surface area contributed by atoms with Crippen LogP contribution in [-0.2, 0) is 0 Å². The Labute approximate surface area is 127 Å². The van der Waals surface area contributed by atoms with Gasteiger partial charge in [0.1, 0.15) is 11.7 Å². The molecule has 0 fully saturated rings. The molecule has 112 valence electrons. The molecule has 0 unspecified atom stereocenters. The van der Waals surface area contributed by atoms with Crippen LogP contribution in [0.5, 0.6) is 0 Å². The van der Waals surface area contributed by atoms with Crippen LogP contribution in [-0.4, -0.2) is 17.6 Å². The highest BCUT2D eigenvalue weighted by Gasteiger charge is 2.22. The molecule has 0 aliphatic heterocycles. The fourth-order valence-corrected chi connectivity index (χ4v) is 2.17. The summed E-state index contributed by atoms with van der Waals surface area (Å²) in [6.45, 7) is 4.55. The minimum atomic E-state index is -0.324. The van der Waals surface area contributed by atoms with E-state index in [1.807, 2.05) is 13.8 Å². The molecule has 1 aromatic carbocycles. The van der Waals surface area contributed by atoms with Gasteiger partial charge in [-0.15, -0.1) is 0 Å². The molecule has 0 atom stereocenters. The molecular formula is C14H21BrFN3O. The molecule has 0 radical (unpaired) electrons. The minimum absolute atomic E-state index is 0.239. The summed E-state index contributed by atoms with van der Waals surface area (Å²) in [4.78, 5) is 0. The first-order valence-electron chi connectivity index (χ1n) is 6.54. The van der Waals surface area contributed by atoms with Crippen LogP contribution < -0.4 is 11.1 Å². The van der Waals surface area contributed by atoms with Gasteiger partial charge in [-0.25, -0.2) is 4.39 Å². The molecule has 0 aromatic heterocycles. The van der Waals surface area contributed by atoms with Crippen molar-refractivity contribution in [2.45, 2.75) is 33.1 Å². The molecule has 4 N–H and O–H groups in total. The van der Waals surface area contributed by atoms with Crippen molar-refractivity contribution in [1.29, 1.82) is 0 Å². The number of oxime groups is 1. The molecular weight excluding hydrogens is 325 g/mol. The maximum atomic E-state index is 13.5.